The van der Waals surface area contributed by atoms with E-state index in [0.717, 1.165) is 10.0 Å². The minimum absolute atomic E-state index is 0.191. The van der Waals surface area contributed by atoms with Crippen LogP contribution in [0.15, 0.2) is 57.5 Å². The zero-order valence-electron chi connectivity index (χ0n) is 14.3. The fourth-order valence-corrected chi connectivity index (χ4v) is 2.66. The van der Waals surface area contributed by atoms with Gasteiger partial charge in [0.25, 0.3) is 0 Å². The number of nitrogens with zero attached hydrogens (tertiary/aromatic N) is 3. The van der Waals surface area contributed by atoms with Crippen molar-refractivity contribution in [2.24, 2.45) is 0 Å². The van der Waals surface area contributed by atoms with Gasteiger partial charge in [-0.1, -0.05) is 39.3 Å². The molecule has 1 N–H and O–H groups in total. The highest BCUT2D eigenvalue weighted by Gasteiger charge is 2.15. The van der Waals surface area contributed by atoms with Crippen molar-refractivity contribution in [3.63, 3.8) is 0 Å². The van der Waals surface area contributed by atoms with Crippen molar-refractivity contribution < 1.29 is 14.1 Å². The van der Waals surface area contributed by atoms with Crippen LogP contribution in [0.25, 0.3) is 11.4 Å². The summed E-state index contributed by atoms with van der Waals surface area (Å²) < 4.78 is 11.3. The lowest BCUT2D eigenvalue weighted by Crippen LogP contribution is -2.30. The molecule has 2 aromatic carbocycles. The molecule has 0 bridgehead atoms. The fraction of sp³-hybridized carbons (Fsp3) is 0.167. The van der Waals surface area contributed by atoms with E-state index < -0.39 is 0 Å². The zero-order chi connectivity index (χ0) is 18.5. The molecule has 134 valence electrons. The average Bonchev–Trinajstić information content (AvgIpc) is 3.10. The number of halogens is 1. The molecular weight excluding hydrogens is 400 g/mol. The van der Waals surface area contributed by atoms with Crippen LogP contribution in [-0.2, 0) is 6.54 Å². The maximum Gasteiger partial charge on any atom is 0.322 e. The van der Waals surface area contributed by atoms with E-state index in [0.29, 0.717) is 23.2 Å². The third kappa shape index (κ3) is 4.40. The molecule has 2 amide bonds. The number of hydrogen-bond acceptors (Lipinski definition) is 5. The zero-order valence-corrected chi connectivity index (χ0v) is 15.9. The molecule has 1 heterocycles. The van der Waals surface area contributed by atoms with Gasteiger partial charge < -0.3 is 19.5 Å². The number of urea groups is 1. The molecule has 26 heavy (non-hydrogen) atoms. The van der Waals surface area contributed by atoms with Crippen LogP contribution >= 0.6 is 15.9 Å². The largest absolute Gasteiger partial charge is 0.497 e. The van der Waals surface area contributed by atoms with Gasteiger partial charge in [0.2, 0.25) is 11.7 Å². The lowest BCUT2D eigenvalue weighted by Gasteiger charge is -2.16. The van der Waals surface area contributed by atoms with Gasteiger partial charge in [0.15, 0.2) is 0 Å². The van der Waals surface area contributed by atoms with Gasteiger partial charge >= 0.3 is 6.03 Å². The summed E-state index contributed by atoms with van der Waals surface area (Å²) in [5.41, 5.74) is 1.47. The quantitative estimate of drug-likeness (QED) is 0.674. The van der Waals surface area contributed by atoms with Gasteiger partial charge in [0.1, 0.15) is 12.3 Å². The van der Waals surface area contributed by atoms with E-state index in [2.05, 4.69) is 31.4 Å². The van der Waals surface area contributed by atoms with Crippen LogP contribution in [0.2, 0.25) is 0 Å². The van der Waals surface area contributed by atoms with E-state index in [4.69, 9.17) is 9.26 Å². The second-order valence-corrected chi connectivity index (χ2v) is 6.46. The van der Waals surface area contributed by atoms with Gasteiger partial charge in [-0.25, -0.2) is 4.79 Å². The van der Waals surface area contributed by atoms with E-state index in [1.807, 2.05) is 24.3 Å². The van der Waals surface area contributed by atoms with E-state index in [1.165, 1.54) is 4.90 Å². The smallest absolute Gasteiger partial charge is 0.322 e. The third-order valence-electron chi connectivity index (χ3n) is 3.59. The molecule has 0 radical (unpaired) electrons. The Hall–Kier alpha value is -2.87. The van der Waals surface area contributed by atoms with Crippen molar-refractivity contribution in [2.75, 3.05) is 19.5 Å². The van der Waals surface area contributed by atoms with Crippen LogP contribution < -0.4 is 10.1 Å². The maximum absolute atomic E-state index is 12.3. The molecular formula is C18H17BrN4O3. The number of nitrogens with one attached hydrogen (secondary N) is 1. The summed E-state index contributed by atoms with van der Waals surface area (Å²) in [6.07, 6.45) is 0. The predicted octanol–water partition coefficient (Wildman–Crippen LogP) is 4.17. The highest BCUT2D eigenvalue weighted by atomic mass is 79.9. The van der Waals surface area contributed by atoms with Crippen LogP contribution in [0.5, 0.6) is 5.75 Å². The van der Waals surface area contributed by atoms with Crippen molar-refractivity contribution in [3.05, 3.63) is 58.9 Å². The number of methoxy groups -OCH3 is 1. The third-order valence-corrected chi connectivity index (χ3v) is 4.08. The standard InChI is InChI=1S/C18H17BrN4O3/c1-23(18(24)20-14-7-4-8-15(10-14)25-2)11-16-21-17(22-26-16)12-5-3-6-13(19)9-12/h3-10H,11H2,1-2H3,(H,20,24). The summed E-state index contributed by atoms with van der Waals surface area (Å²) in [6, 6.07) is 14.4. The van der Waals surface area contributed by atoms with Crippen molar-refractivity contribution in [2.45, 2.75) is 6.54 Å². The van der Waals surface area contributed by atoms with Gasteiger partial charge in [-0.2, -0.15) is 4.98 Å². The van der Waals surface area contributed by atoms with Gasteiger partial charge in [0, 0.05) is 28.8 Å². The molecule has 3 rings (SSSR count). The molecule has 0 spiro atoms. The summed E-state index contributed by atoms with van der Waals surface area (Å²) in [5.74, 6) is 1.49. The maximum atomic E-state index is 12.3. The second-order valence-electron chi connectivity index (χ2n) is 5.54. The SMILES string of the molecule is COc1cccc(NC(=O)N(C)Cc2nc(-c3cccc(Br)c3)no2)c1. The molecule has 1 aromatic heterocycles. The number of hydrogen-bond donors (Lipinski definition) is 1. The molecule has 0 fully saturated rings. The molecule has 0 aliphatic heterocycles. The average molecular weight is 417 g/mol. The number of rotatable bonds is 5. The first kappa shape index (κ1) is 17.9. The summed E-state index contributed by atoms with van der Waals surface area (Å²) in [5, 5.41) is 6.76. The molecule has 8 heteroatoms. The van der Waals surface area contributed by atoms with E-state index >= 15 is 0 Å². The normalized spacial score (nSPS) is 10.4. The number of benzene rings is 2. The Morgan fingerprint density at radius 2 is 2.08 bits per heavy atom. The highest BCUT2D eigenvalue weighted by Crippen LogP contribution is 2.21. The Balaban J connectivity index is 1.64. The summed E-state index contributed by atoms with van der Waals surface area (Å²) >= 11 is 3.41. The van der Waals surface area contributed by atoms with Crippen molar-refractivity contribution in [1.82, 2.24) is 15.0 Å². The summed E-state index contributed by atoms with van der Waals surface area (Å²) in [7, 11) is 3.23. The monoisotopic (exact) mass is 416 g/mol. The van der Waals surface area contributed by atoms with Crippen molar-refractivity contribution >= 4 is 27.6 Å². The van der Waals surface area contributed by atoms with Crippen LogP contribution in [0, 0.1) is 0 Å². The second kappa shape index (κ2) is 8.01. The minimum Gasteiger partial charge on any atom is -0.497 e. The first-order valence-electron chi connectivity index (χ1n) is 7.80. The number of carbonyl (C=O) groups excluding carboxylic acids is 1. The number of anilines is 1. The summed E-state index contributed by atoms with van der Waals surface area (Å²) in [4.78, 5) is 18.1. The van der Waals surface area contributed by atoms with Crippen molar-refractivity contribution in [1.29, 1.82) is 0 Å². The molecule has 0 saturated heterocycles. The van der Waals surface area contributed by atoms with Crippen LogP contribution in [-0.4, -0.2) is 35.2 Å². The number of amides is 2. The highest BCUT2D eigenvalue weighted by molar-refractivity contribution is 9.10. The van der Waals surface area contributed by atoms with Gasteiger partial charge in [0.05, 0.1) is 7.11 Å². The van der Waals surface area contributed by atoms with Gasteiger partial charge in [-0.05, 0) is 24.3 Å². The molecule has 7 nitrogen and oxygen atoms in total. The van der Waals surface area contributed by atoms with Crippen LogP contribution in [0.4, 0.5) is 10.5 Å². The van der Waals surface area contributed by atoms with E-state index in [1.54, 1.807) is 38.4 Å². The van der Waals surface area contributed by atoms with Gasteiger partial charge in [-0.15, -0.1) is 0 Å². The first-order valence-corrected chi connectivity index (χ1v) is 8.59. The van der Waals surface area contributed by atoms with Crippen molar-refractivity contribution in [3.8, 4) is 17.1 Å². The lowest BCUT2D eigenvalue weighted by atomic mass is 10.2. The van der Waals surface area contributed by atoms with Crippen LogP contribution in [0.3, 0.4) is 0 Å². The molecule has 0 unspecified atom stereocenters. The van der Waals surface area contributed by atoms with E-state index in [9.17, 15) is 4.79 Å². The first-order chi connectivity index (χ1) is 12.5. The molecule has 0 atom stereocenters. The number of ether oxygens (including phenoxy) is 1. The molecule has 3 aromatic rings. The number of carbonyl (C=O) groups is 1. The topological polar surface area (TPSA) is 80.5 Å². The lowest BCUT2D eigenvalue weighted by molar-refractivity contribution is 0.213. The van der Waals surface area contributed by atoms with E-state index in [-0.39, 0.29) is 12.6 Å². The Morgan fingerprint density at radius 1 is 1.27 bits per heavy atom. The Morgan fingerprint density at radius 3 is 2.85 bits per heavy atom. The Labute approximate surface area is 159 Å². The Kier molecular flexibility index (Phi) is 5.52. The molecule has 0 aliphatic rings. The summed E-state index contributed by atoms with van der Waals surface area (Å²) in [6.45, 7) is 0.191. The minimum atomic E-state index is -0.291. The fourth-order valence-electron chi connectivity index (χ4n) is 2.26. The predicted molar refractivity (Wildman–Crippen MR) is 101 cm³/mol. The number of aromatic nitrogens is 2. The Bertz CT molecular complexity index is 913. The van der Waals surface area contributed by atoms with Gasteiger partial charge in [-0.3, -0.25) is 0 Å². The molecule has 0 saturated carbocycles. The molecule has 0 aliphatic carbocycles. The van der Waals surface area contributed by atoms with Crippen LogP contribution in [0.1, 0.15) is 5.89 Å².